The Balaban J connectivity index is 1.98. The van der Waals surface area contributed by atoms with Crippen molar-refractivity contribution >= 4 is 5.91 Å². The first-order valence-corrected chi connectivity index (χ1v) is 7.83. The topological polar surface area (TPSA) is 20.3 Å². The van der Waals surface area contributed by atoms with Crippen LogP contribution >= 0.6 is 0 Å². The lowest BCUT2D eigenvalue weighted by molar-refractivity contribution is 0.0603. The number of carbonyl (C=O) groups excluding carboxylic acids is 1. The Morgan fingerprint density at radius 2 is 1.87 bits per heavy atom. The smallest absolute Gasteiger partial charge is 0.254 e. The number of hydrogen-bond donors (Lipinski definition) is 0. The van der Waals surface area contributed by atoms with E-state index in [1.807, 2.05) is 18.2 Å². The lowest BCUT2D eigenvalue weighted by Crippen LogP contribution is -2.42. The molecule has 0 saturated carbocycles. The molecule has 1 aliphatic heterocycles. The first-order chi connectivity index (χ1) is 11.0. The molecule has 1 atom stereocenters. The van der Waals surface area contributed by atoms with E-state index in [1.165, 1.54) is 11.6 Å². The molecule has 2 aromatic carbocycles. The molecule has 1 amide bonds. The molecule has 2 aromatic rings. The zero-order valence-corrected chi connectivity index (χ0v) is 13.2. The Hall–Kier alpha value is -2.23. The monoisotopic (exact) mass is 315 g/mol. The van der Waals surface area contributed by atoms with E-state index in [0.29, 0.717) is 6.54 Å². The van der Waals surface area contributed by atoms with Gasteiger partial charge in [-0.1, -0.05) is 38.1 Å². The third kappa shape index (κ3) is 2.85. The molecule has 0 bridgehead atoms. The van der Waals surface area contributed by atoms with E-state index in [9.17, 15) is 13.6 Å². The molecule has 0 fully saturated rings. The molecule has 0 aromatic heterocycles. The summed E-state index contributed by atoms with van der Waals surface area (Å²) in [5, 5.41) is 0. The molecule has 0 spiro atoms. The van der Waals surface area contributed by atoms with Crippen molar-refractivity contribution in [2.45, 2.75) is 26.3 Å². The fraction of sp³-hybridized carbons (Fsp3) is 0.316. The highest BCUT2D eigenvalue weighted by Gasteiger charge is 2.33. The highest BCUT2D eigenvalue weighted by Crippen LogP contribution is 2.36. The summed E-state index contributed by atoms with van der Waals surface area (Å²) in [7, 11) is 0. The van der Waals surface area contributed by atoms with Crippen LogP contribution in [0.2, 0.25) is 0 Å². The van der Waals surface area contributed by atoms with Crippen LogP contribution in [0.5, 0.6) is 0 Å². The first-order valence-electron chi connectivity index (χ1n) is 7.83. The van der Waals surface area contributed by atoms with Gasteiger partial charge in [-0.15, -0.1) is 0 Å². The van der Waals surface area contributed by atoms with E-state index in [-0.39, 0.29) is 23.4 Å². The van der Waals surface area contributed by atoms with E-state index in [0.717, 1.165) is 24.1 Å². The van der Waals surface area contributed by atoms with Gasteiger partial charge < -0.3 is 4.90 Å². The Labute approximate surface area is 134 Å². The van der Waals surface area contributed by atoms with Gasteiger partial charge in [0.1, 0.15) is 0 Å². The van der Waals surface area contributed by atoms with Crippen LogP contribution in [0.15, 0.2) is 42.5 Å². The van der Waals surface area contributed by atoms with Gasteiger partial charge >= 0.3 is 0 Å². The lowest BCUT2D eigenvalue weighted by atomic mass is 9.86. The Bertz CT molecular complexity index is 742. The van der Waals surface area contributed by atoms with Crippen LogP contribution in [0.1, 0.15) is 41.4 Å². The van der Waals surface area contributed by atoms with Crippen molar-refractivity contribution in [1.29, 1.82) is 0 Å². The normalized spacial score (nSPS) is 17.3. The number of nitrogens with zero attached hydrogens (tertiary/aromatic N) is 1. The molecule has 0 aliphatic carbocycles. The number of halogens is 2. The fourth-order valence-corrected chi connectivity index (χ4v) is 3.34. The molecule has 1 aliphatic rings. The molecule has 2 nitrogen and oxygen atoms in total. The molecular weight excluding hydrogens is 296 g/mol. The lowest BCUT2D eigenvalue weighted by Gasteiger charge is -2.40. The minimum absolute atomic E-state index is 0.0550. The Kier molecular flexibility index (Phi) is 4.16. The van der Waals surface area contributed by atoms with Crippen molar-refractivity contribution in [3.8, 4) is 0 Å². The summed E-state index contributed by atoms with van der Waals surface area (Å²) >= 11 is 0. The van der Waals surface area contributed by atoms with E-state index < -0.39 is 11.6 Å². The molecule has 0 saturated heterocycles. The van der Waals surface area contributed by atoms with Gasteiger partial charge in [0.05, 0.1) is 6.04 Å². The van der Waals surface area contributed by atoms with Crippen molar-refractivity contribution in [2.24, 2.45) is 5.92 Å². The van der Waals surface area contributed by atoms with E-state index in [4.69, 9.17) is 0 Å². The van der Waals surface area contributed by atoms with Gasteiger partial charge in [0.15, 0.2) is 11.6 Å². The number of amides is 1. The van der Waals surface area contributed by atoms with E-state index in [2.05, 4.69) is 19.9 Å². The van der Waals surface area contributed by atoms with E-state index in [1.54, 1.807) is 4.90 Å². The Morgan fingerprint density at radius 1 is 1.13 bits per heavy atom. The van der Waals surface area contributed by atoms with Crippen LogP contribution < -0.4 is 0 Å². The molecule has 3 rings (SSSR count). The van der Waals surface area contributed by atoms with Crippen LogP contribution in [0.3, 0.4) is 0 Å². The third-order valence-electron chi connectivity index (χ3n) is 4.39. The minimum Gasteiger partial charge on any atom is -0.331 e. The zero-order valence-electron chi connectivity index (χ0n) is 13.2. The molecule has 23 heavy (non-hydrogen) atoms. The predicted molar refractivity (Wildman–Crippen MR) is 85.1 cm³/mol. The molecule has 4 heteroatoms. The number of benzene rings is 2. The number of carbonyl (C=O) groups is 1. The maximum atomic E-state index is 13.5. The summed E-state index contributed by atoms with van der Waals surface area (Å²) in [6, 6.07) is 11.4. The maximum Gasteiger partial charge on any atom is 0.254 e. The SMILES string of the molecule is CC(C)C1c2ccccc2CCN1C(=O)c1ccc(F)c(F)c1. The highest BCUT2D eigenvalue weighted by atomic mass is 19.2. The van der Waals surface area contributed by atoms with Crippen molar-refractivity contribution in [3.63, 3.8) is 0 Å². The molecule has 0 N–H and O–H groups in total. The standard InChI is InChI=1S/C19H19F2NO/c1-12(2)18-15-6-4-3-5-13(15)9-10-22(18)19(23)14-7-8-16(20)17(21)11-14/h3-8,11-12,18H,9-10H2,1-2H3. The number of hydrogen-bond acceptors (Lipinski definition) is 1. The van der Waals surface area contributed by atoms with Gasteiger partial charge in [-0.2, -0.15) is 0 Å². The van der Waals surface area contributed by atoms with Crippen molar-refractivity contribution in [3.05, 3.63) is 70.8 Å². The van der Waals surface area contributed by atoms with Gasteiger partial charge in [0, 0.05) is 12.1 Å². The van der Waals surface area contributed by atoms with Gasteiger partial charge in [-0.05, 0) is 41.7 Å². The van der Waals surface area contributed by atoms with Crippen molar-refractivity contribution in [2.75, 3.05) is 6.54 Å². The minimum atomic E-state index is -0.991. The first kappa shape index (κ1) is 15.7. The van der Waals surface area contributed by atoms with Gasteiger partial charge in [-0.25, -0.2) is 8.78 Å². The molecule has 1 heterocycles. The van der Waals surface area contributed by atoms with Crippen LogP contribution in [0.4, 0.5) is 8.78 Å². The van der Waals surface area contributed by atoms with Crippen LogP contribution in [-0.2, 0) is 6.42 Å². The summed E-state index contributed by atoms with van der Waals surface area (Å²) in [4.78, 5) is 14.6. The molecule has 0 radical (unpaired) electrons. The predicted octanol–water partition coefficient (Wildman–Crippen LogP) is 4.36. The molecule has 120 valence electrons. The van der Waals surface area contributed by atoms with Crippen LogP contribution in [-0.4, -0.2) is 17.4 Å². The third-order valence-corrected chi connectivity index (χ3v) is 4.39. The molecule has 1 unspecified atom stereocenters. The molecular formula is C19H19F2NO. The Morgan fingerprint density at radius 3 is 2.57 bits per heavy atom. The van der Waals surface area contributed by atoms with Gasteiger partial charge in [0.2, 0.25) is 0 Å². The highest BCUT2D eigenvalue weighted by molar-refractivity contribution is 5.94. The number of fused-ring (bicyclic) bond motifs is 1. The summed E-state index contributed by atoms with van der Waals surface area (Å²) in [5.41, 5.74) is 2.58. The van der Waals surface area contributed by atoms with Crippen molar-refractivity contribution in [1.82, 2.24) is 4.90 Å². The van der Waals surface area contributed by atoms with Crippen LogP contribution in [0.25, 0.3) is 0 Å². The van der Waals surface area contributed by atoms with Gasteiger partial charge in [-0.3, -0.25) is 4.79 Å². The average molecular weight is 315 g/mol. The maximum absolute atomic E-state index is 13.5. The zero-order chi connectivity index (χ0) is 16.6. The summed E-state index contributed by atoms with van der Waals surface area (Å²) in [6.45, 7) is 4.72. The average Bonchev–Trinajstić information content (AvgIpc) is 2.55. The van der Waals surface area contributed by atoms with E-state index >= 15 is 0 Å². The fourth-order valence-electron chi connectivity index (χ4n) is 3.34. The second-order valence-electron chi connectivity index (χ2n) is 6.27. The quantitative estimate of drug-likeness (QED) is 0.806. The summed E-state index contributed by atoms with van der Waals surface area (Å²) < 4.78 is 26.6. The van der Waals surface area contributed by atoms with Gasteiger partial charge in [0.25, 0.3) is 5.91 Å². The van der Waals surface area contributed by atoms with Crippen LogP contribution in [0, 0.1) is 17.6 Å². The second-order valence-corrected chi connectivity index (χ2v) is 6.27. The summed E-state index contributed by atoms with van der Waals surface area (Å²) in [5.74, 6) is -1.96. The second kappa shape index (κ2) is 6.11. The number of rotatable bonds is 2. The van der Waals surface area contributed by atoms with Crippen molar-refractivity contribution < 1.29 is 13.6 Å². The summed E-state index contributed by atoms with van der Waals surface area (Å²) in [6.07, 6.45) is 0.773. The largest absolute Gasteiger partial charge is 0.331 e.